The van der Waals surface area contributed by atoms with Crippen LogP contribution < -0.4 is 0 Å². The number of phenolic OH excluding ortho intramolecular Hbond substituents is 2. The minimum absolute atomic E-state index is 0.0314. The SMILES string of the molecule is Cc1cc(Br)c(O)c(C=NC2CCCCC2N=Cc2cc(C(C)(C)C)cc(CCCN3CCC[N+]4=C3CCCCC4)c2O)c1. The second kappa shape index (κ2) is 14.6. The van der Waals surface area contributed by atoms with Crippen molar-refractivity contribution in [2.45, 2.75) is 116 Å². The summed E-state index contributed by atoms with van der Waals surface area (Å²) in [5.41, 5.74) is 4.82. The molecule has 44 heavy (non-hydrogen) atoms. The Balaban J connectivity index is 1.32. The molecular formula is C37H52BrN4O2+. The van der Waals surface area contributed by atoms with Gasteiger partial charge in [0.2, 0.25) is 5.84 Å². The van der Waals surface area contributed by atoms with Gasteiger partial charge in [0.05, 0.1) is 42.7 Å². The van der Waals surface area contributed by atoms with Crippen LogP contribution in [-0.4, -0.2) is 76.2 Å². The van der Waals surface area contributed by atoms with Crippen molar-refractivity contribution in [1.82, 2.24) is 4.90 Å². The summed E-state index contributed by atoms with van der Waals surface area (Å²) < 4.78 is 3.32. The van der Waals surface area contributed by atoms with Crippen LogP contribution in [-0.2, 0) is 11.8 Å². The summed E-state index contributed by atoms with van der Waals surface area (Å²) in [4.78, 5) is 12.6. The van der Waals surface area contributed by atoms with Crippen LogP contribution in [0, 0.1) is 6.92 Å². The van der Waals surface area contributed by atoms with Gasteiger partial charge < -0.3 is 10.2 Å². The molecule has 0 saturated heterocycles. The molecule has 3 aliphatic rings. The number of phenols is 2. The van der Waals surface area contributed by atoms with Crippen molar-refractivity contribution in [1.29, 1.82) is 0 Å². The van der Waals surface area contributed by atoms with Crippen LogP contribution in [0.25, 0.3) is 0 Å². The van der Waals surface area contributed by atoms with Crippen LogP contribution in [0.5, 0.6) is 11.5 Å². The quantitative estimate of drug-likeness (QED) is 0.222. The van der Waals surface area contributed by atoms with E-state index in [0.29, 0.717) is 10.2 Å². The summed E-state index contributed by atoms with van der Waals surface area (Å²) >= 11 is 3.45. The zero-order valence-corrected chi connectivity index (χ0v) is 28.9. The maximum Gasteiger partial charge on any atom is 0.246 e. The predicted molar refractivity (Wildman–Crippen MR) is 187 cm³/mol. The molecule has 2 atom stereocenters. The van der Waals surface area contributed by atoms with E-state index in [0.717, 1.165) is 73.9 Å². The van der Waals surface area contributed by atoms with Gasteiger partial charge in [0.1, 0.15) is 11.5 Å². The van der Waals surface area contributed by atoms with Gasteiger partial charge in [-0.15, -0.1) is 0 Å². The van der Waals surface area contributed by atoms with E-state index in [-0.39, 0.29) is 23.2 Å². The summed E-state index contributed by atoms with van der Waals surface area (Å²) in [5, 5.41) is 22.0. The number of benzene rings is 2. The standard InChI is InChI=1S/C37H51BrN4O2/c1-26-20-28(36(44)31(38)21-26)24-39-32-13-7-8-14-33(32)40-25-29-23-30(37(2,3)4)22-27(35(29)43)12-10-17-42-19-11-18-41-16-9-5-6-15-34(41)42/h20-25,32-33H,5-19H2,1-4H3,(H-,39,40,43,44)/p+1. The summed E-state index contributed by atoms with van der Waals surface area (Å²) in [6, 6.07) is 8.31. The van der Waals surface area contributed by atoms with Crippen molar-refractivity contribution in [3.05, 3.63) is 56.6 Å². The Morgan fingerprint density at radius 2 is 1.57 bits per heavy atom. The molecule has 0 radical (unpaired) electrons. The second-order valence-electron chi connectivity index (χ2n) is 14.1. The van der Waals surface area contributed by atoms with E-state index >= 15 is 0 Å². The van der Waals surface area contributed by atoms with Gasteiger partial charge in [0.25, 0.3) is 0 Å². The Morgan fingerprint density at radius 3 is 2.27 bits per heavy atom. The number of hydrogen-bond acceptors (Lipinski definition) is 5. The maximum atomic E-state index is 11.5. The number of aliphatic imine (C=N–C) groups is 2. The van der Waals surface area contributed by atoms with Gasteiger partial charge in [-0.05, 0) is 108 Å². The number of aryl methyl sites for hydroxylation is 2. The molecule has 238 valence electrons. The van der Waals surface area contributed by atoms with Crippen LogP contribution in [0.1, 0.15) is 113 Å². The predicted octanol–water partition coefficient (Wildman–Crippen LogP) is 7.94. The third-order valence-corrected chi connectivity index (χ3v) is 10.2. The molecule has 0 amide bonds. The molecule has 2 aromatic carbocycles. The zero-order valence-electron chi connectivity index (χ0n) is 27.3. The highest BCUT2D eigenvalue weighted by Crippen LogP contribution is 2.33. The van der Waals surface area contributed by atoms with Gasteiger partial charge in [-0.3, -0.25) is 19.5 Å². The summed E-state index contributed by atoms with van der Waals surface area (Å²) in [7, 11) is 0. The minimum Gasteiger partial charge on any atom is -0.507 e. The fraction of sp³-hybridized carbons (Fsp3) is 0.595. The Morgan fingerprint density at radius 1 is 0.886 bits per heavy atom. The maximum absolute atomic E-state index is 11.5. The van der Waals surface area contributed by atoms with Gasteiger partial charge in [0, 0.05) is 36.4 Å². The number of amidine groups is 1. The lowest BCUT2D eigenvalue weighted by Crippen LogP contribution is -2.44. The van der Waals surface area contributed by atoms with Crippen molar-refractivity contribution in [2.24, 2.45) is 9.98 Å². The summed E-state index contributed by atoms with van der Waals surface area (Å²) in [6.07, 6.45) is 16.2. The molecule has 0 aromatic heterocycles. The third kappa shape index (κ3) is 8.13. The van der Waals surface area contributed by atoms with Gasteiger partial charge in [-0.25, -0.2) is 0 Å². The number of hydrogen-bond donors (Lipinski definition) is 2. The first kappa shape index (κ1) is 32.7. The second-order valence-corrected chi connectivity index (χ2v) is 15.0. The highest BCUT2D eigenvalue weighted by molar-refractivity contribution is 9.10. The first-order valence-electron chi connectivity index (χ1n) is 16.9. The molecule has 7 heteroatoms. The third-order valence-electron chi connectivity index (χ3n) is 9.61. The lowest BCUT2D eigenvalue weighted by atomic mass is 9.84. The van der Waals surface area contributed by atoms with E-state index in [4.69, 9.17) is 9.98 Å². The smallest absolute Gasteiger partial charge is 0.246 e. The molecule has 1 fully saturated rings. The molecule has 2 aromatic rings. The van der Waals surface area contributed by atoms with Gasteiger partial charge in [-0.2, -0.15) is 0 Å². The largest absolute Gasteiger partial charge is 0.507 e. The highest BCUT2D eigenvalue weighted by Gasteiger charge is 2.28. The highest BCUT2D eigenvalue weighted by atomic mass is 79.9. The van der Waals surface area contributed by atoms with Crippen LogP contribution in [0.15, 0.2) is 38.7 Å². The molecule has 1 saturated carbocycles. The average molecular weight is 665 g/mol. The normalized spacial score (nSPS) is 21.7. The van der Waals surface area contributed by atoms with Crippen molar-refractivity contribution in [3.63, 3.8) is 0 Å². The van der Waals surface area contributed by atoms with Gasteiger partial charge >= 0.3 is 0 Å². The molecule has 0 bridgehead atoms. The molecule has 2 unspecified atom stereocenters. The Bertz CT molecular complexity index is 1410. The summed E-state index contributed by atoms with van der Waals surface area (Å²) in [6.45, 7) is 13.3. The first-order valence-corrected chi connectivity index (χ1v) is 17.7. The lowest BCUT2D eigenvalue weighted by Gasteiger charge is -2.27. The molecule has 1 aliphatic carbocycles. The monoisotopic (exact) mass is 663 g/mol. The minimum atomic E-state index is -0.0314. The summed E-state index contributed by atoms with van der Waals surface area (Å²) in [5.74, 6) is 2.15. The Hall–Kier alpha value is -2.67. The topological polar surface area (TPSA) is 71.4 Å². The van der Waals surface area contributed by atoms with E-state index in [2.05, 4.69) is 58.3 Å². The molecule has 6 nitrogen and oxygen atoms in total. The fourth-order valence-electron chi connectivity index (χ4n) is 7.02. The van der Waals surface area contributed by atoms with Crippen LogP contribution in [0.2, 0.25) is 0 Å². The lowest BCUT2D eigenvalue weighted by molar-refractivity contribution is -0.539. The number of rotatable bonds is 8. The number of aromatic hydroxyl groups is 2. The van der Waals surface area contributed by atoms with E-state index < -0.39 is 0 Å². The molecule has 0 spiro atoms. The fourth-order valence-corrected chi connectivity index (χ4v) is 7.61. The van der Waals surface area contributed by atoms with Crippen LogP contribution in [0.4, 0.5) is 0 Å². The van der Waals surface area contributed by atoms with E-state index in [1.165, 1.54) is 50.8 Å². The first-order chi connectivity index (χ1) is 21.1. The molecule has 5 rings (SSSR count). The number of nitrogens with zero attached hydrogens (tertiary/aromatic N) is 4. The molecule has 2 heterocycles. The van der Waals surface area contributed by atoms with E-state index in [9.17, 15) is 10.2 Å². The Kier molecular flexibility index (Phi) is 10.9. The van der Waals surface area contributed by atoms with E-state index in [1.54, 1.807) is 12.1 Å². The van der Waals surface area contributed by atoms with Crippen molar-refractivity contribution >= 4 is 34.2 Å². The van der Waals surface area contributed by atoms with E-state index in [1.807, 2.05) is 25.3 Å². The molecule has 2 N–H and O–H groups in total. The molecule has 2 aliphatic heterocycles. The van der Waals surface area contributed by atoms with Crippen molar-refractivity contribution in [2.75, 3.05) is 26.2 Å². The Labute approximate surface area is 273 Å². The van der Waals surface area contributed by atoms with Crippen LogP contribution in [0.3, 0.4) is 0 Å². The van der Waals surface area contributed by atoms with Crippen molar-refractivity contribution < 1.29 is 14.8 Å². The number of halogens is 1. The van der Waals surface area contributed by atoms with Crippen molar-refractivity contribution in [3.8, 4) is 11.5 Å². The average Bonchev–Trinajstić information content (AvgIpc) is 3.24. The van der Waals surface area contributed by atoms with Gasteiger partial charge in [0.15, 0.2) is 0 Å². The zero-order chi connectivity index (χ0) is 31.3. The van der Waals surface area contributed by atoms with Crippen LogP contribution >= 0.6 is 15.9 Å². The molecular weight excluding hydrogens is 612 g/mol. The van der Waals surface area contributed by atoms with Gasteiger partial charge in [-0.1, -0.05) is 39.7 Å².